The van der Waals surface area contributed by atoms with Crippen LogP contribution in [0, 0.1) is 0 Å². The Bertz CT molecular complexity index is 298. The molecule has 1 aromatic heterocycles. The number of aryl methyl sites for hydroxylation is 2. The Morgan fingerprint density at radius 1 is 1.40 bits per heavy atom. The third-order valence-corrected chi connectivity index (χ3v) is 2.36. The van der Waals surface area contributed by atoms with Crippen molar-refractivity contribution in [1.82, 2.24) is 14.8 Å². The van der Waals surface area contributed by atoms with E-state index in [-0.39, 0.29) is 6.04 Å². The molecule has 1 unspecified atom stereocenters. The second kappa shape index (κ2) is 5.82. The van der Waals surface area contributed by atoms with Crippen LogP contribution in [0.2, 0.25) is 0 Å². The van der Waals surface area contributed by atoms with Crippen molar-refractivity contribution in [1.29, 1.82) is 0 Å². The molecule has 0 aliphatic heterocycles. The van der Waals surface area contributed by atoms with Crippen LogP contribution in [0.5, 0.6) is 0 Å². The molecule has 86 valence electrons. The van der Waals surface area contributed by atoms with Gasteiger partial charge >= 0.3 is 0 Å². The predicted molar refractivity (Wildman–Crippen MR) is 58.7 cm³/mol. The Hall–Kier alpha value is -0.940. The highest BCUT2D eigenvalue weighted by molar-refractivity contribution is 4.95. The number of methoxy groups -OCH3 is 1. The molecule has 0 amide bonds. The van der Waals surface area contributed by atoms with E-state index in [1.165, 1.54) is 0 Å². The number of nitrogens with two attached hydrogens (primary N) is 1. The van der Waals surface area contributed by atoms with Gasteiger partial charge in [0.2, 0.25) is 0 Å². The maximum absolute atomic E-state index is 5.70. The summed E-state index contributed by atoms with van der Waals surface area (Å²) in [7, 11) is 1.67. The minimum absolute atomic E-state index is 0.0951. The second-order valence-electron chi connectivity index (χ2n) is 3.44. The molecule has 0 bridgehead atoms. The minimum atomic E-state index is 0.0951. The van der Waals surface area contributed by atoms with Crippen LogP contribution in [0.4, 0.5) is 0 Å². The molecular weight excluding hydrogens is 192 g/mol. The molecule has 2 N–H and O–H groups in total. The zero-order valence-corrected chi connectivity index (χ0v) is 9.73. The Morgan fingerprint density at radius 2 is 2.13 bits per heavy atom. The van der Waals surface area contributed by atoms with Crippen molar-refractivity contribution in [3.63, 3.8) is 0 Å². The van der Waals surface area contributed by atoms with Crippen LogP contribution in [0.1, 0.15) is 31.5 Å². The van der Waals surface area contributed by atoms with Crippen molar-refractivity contribution in [3.8, 4) is 0 Å². The van der Waals surface area contributed by atoms with Gasteiger partial charge in [0.25, 0.3) is 0 Å². The first-order valence-electron chi connectivity index (χ1n) is 5.40. The molecule has 1 heterocycles. The van der Waals surface area contributed by atoms with Crippen LogP contribution >= 0.6 is 0 Å². The molecule has 5 heteroatoms. The number of ether oxygens (including phenoxy) is 1. The molecule has 0 spiro atoms. The Balaban J connectivity index is 2.93. The first-order valence-corrected chi connectivity index (χ1v) is 5.40. The fraction of sp³-hybridized carbons (Fsp3) is 0.800. The van der Waals surface area contributed by atoms with E-state index < -0.39 is 0 Å². The van der Waals surface area contributed by atoms with Gasteiger partial charge < -0.3 is 10.5 Å². The van der Waals surface area contributed by atoms with E-state index in [1.54, 1.807) is 7.11 Å². The summed E-state index contributed by atoms with van der Waals surface area (Å²) in [5.41, 5.74) is 5.70. The van der Waals surface area contributed by atoms with E-state index in [0.717, 1.165) is 24.5 Å². The number of hydrogen-bond acceptors (Lipinski definition) is 4. The summed E-state index contributed by atoms with van der Waals surface area (Å²) in [6.07, 6.45) is 1.72. The smallest absolute Gasteiger partial charge is 0.150 e. The van der Waals surface area contributed by atoms with Crippen LogP contribution < -0.4 is 5.73 Å². The Labute approximate surface area is 90.6 Å². The highest BCUT2D eigenvalue weighted by Crippen LogP contribution is 2.09. The second-order valence-corrected chi connectivity index (χ2v) is 3.44. The Kier molecular flexibility index (Phi) is 4.71. The summed E-state index contributed by atoms with van der Waals surface area (Å²) in [4.78, 5) is 4.44. The maximum atomic E-state index is 5.70. The molecule has 15 heavy (non-hydrogen) atoms. The van der Waals surface area contributed by atoms with Crippen LogP contribution in [0.3, 0.4) is 0 Å². The van der Waals surface area contributed by atoms with Gasteiger partial charge in [-0.05, 0) is 0 Å². The van der Waals surface area contributed by atoms with E-state index in [0.29, 0.717) is 13.2 Å². The number of rotatable bonds is 6. The van der Waals surface area contributed by atoms with Gasteiger partial charge in [0.1, 0.15) is 5.82 Å². The minimum Gasteiger partial charge on any atom is -0.382 e. The van der Waals surface area contributed by atoms with Crippen molar-refractivity contribution >= 4 is 0 Å². The van der Waals surface area contributed by atoms with E-state index in [2.05, 4.69) is 17.0 Å². The summed E-state index contributed by atoms with van der Waals surface area (Å²) in [6, 6.07) is 0.0951. The zero-order valence-electron chi connectivity index (χ0n) is 9.73. The molecule has 0 fully saturated rings. The quantitative estimate of drug-likeness (QED) is 0.747. The summed E-state index contributed by atoms with van der Waals surface area (Å²) < 4.78 is 7.03. The van der Waals surface area contributed by atoms with Crippen LogP contribution in [-0.2, 0) is 17.6 Å². The number of nitrogens with zero attached hydrogens (tertiary/aromatic N) is 3. The third-order valence-electron chi connectivity index (χ3n) is 2.36. The lowest BCUT2D eigenvalue weighted by molar-refractivity contribution is 0.150. The van der Waals surface area contributed by atoms with Crippen molar-refractivity contribution in [2.45, 2.75) is 32.7 Å². The standard InChI is InChI=1S/C10H20N4O/c1-4-9-12-10(5-2)14(13-9)8(6-11)7-15-3/h8H,4-7,11H2,1-3H3. The van der Waals surface area contributed by atoms with Crippen molar-refractivity contribution < 1.29 is 4.74 Å². The summed E-state index contributed by atoms with van der Waals surface area (Å²) >= 11 is 0. The van der Waals surface area contributed by atoms with E-state index in [4.69, 9.17) is 10.5 Å². The molecule has 0 aliphatic carbocycles. The van der Waals surface area contributed by atoms with Gasteiger partial charge in [-0.15, -0.1) is 0 Å². The topological polar surface area (TPSA) is 66.0 Å². The molecule has 1 aromatic rings. The fourth-order valence-corrected chi connectivity index (χ4v) is 1.52. The molecule has 0 radical (unpaired) electrons. The maximum Gasteiger partial charge on any atom is 0.150 e. The molecule has 1 atom stereocenters. The predicted octanol–water partition coefficient (Wildman–Crippen LogP) is 0.549. The van der Waals surface area contributed by atoms with Gasteiger partial charge in [-0.2, -0.15) is 5.10 Å². The van der Waals surface area contributed by atoms with Gasteiger partial charge in [0.15, 0.2) is 5.82 Å². The third kappa shape index (κ3) is 2.76. The first kappa shape index (κ1) is 12.1. The SMILES string of the molecule is CCc1nc(CC)n(C(CN)COC)n1. The monoisotopic (exact) mass is 212 g/mol. The van der Waals surface area contributed by atoms with Crippen LogP contribution in [0.25, 0.3) is 0 Å². The number of aromatic nitrogens is 3. The van der Waals surface area contributed by atoms with Crippen molar-refractivity contribution in [3.05, 3.63) is 11.6 Å². The number of hydrogen-bond donors (Lipinski definition) is 1. The van der Waals surface area contributed by atoms with E-state index in [1.807, 2.05) is 11.6 Å². The van der Waals surface area contributed by atoms with E-state index >= 15 is 0 Å². The molecule has 1 rings (SSSR count). The largest absolute Gasteiger partial charge is 0.382 e. The summed E-state index contributed by atoms with van der Waals surface area (Å²) in [5.74, 6) is 1.86. The lowest BCUT2D eigenvalue weighted by Gasteiger charge is -2.15. The lowest BCUT2D eigenvalue weighted by atomic mass is 10.3. The normalized spacial score (nSPS) is 13.1. The van der Waals surface area contributed by atoms with Gasteiger partial charge in [-0.25, -0.2) is 9.67 Å². The van der Waals surface area contributed by atoms with Gasteiger partial charge in [0, 0.05) is 26.5 Å². The van der Waals surface area contributed by atoms with Gasteiger partial charge in [-0.3, -0.25) is 0 Å². The summed E-state index contributed by atoms with van der Waals surface area (Å²) in [5, 5.41) is 4.43. The van der Waals surface area contributed by atoms with Crippen molar-refractivity contribution in [2.24, 2.45) is 5.73 Å². The van der Waals surface area contributed by atoms with Crippen molar-refractivity contribution in [2.75, 3.05) is 20.3 Å². The Morgan fingerprint density at radius 3 is 2.60 bits per heavy atom. The average molecular weight is 212 g/mol. The van der Waals surface area contributed by atoms with Crippen LogP contribution in [-0.4, -0.2) is 35.0 Å². The highest BCUT2D eigenvalue weighted by atomic mass is 16.5. The molecule has 5 nitrogen and oxygen atoms in total. The van der Waals surface area contributed by atoms with Gasteiger partial charge in [-0.1, -0.05) is 13.8 Å². The van der Waals surface area contributed by atoms with Gasteiger partial charge in [0.05, 0.1) is 12.6 Å². The molecule has 0 saturated heterocycles. The molecular formula is C10H20N4O. The average Bonchev–Trinajstić information content (AvgIpc) is 2.68. The lowest BCUT2D eigenvalue weighted by Crippen LogP contribution is -2.26. The van der Waals surface area contributed by atoms with E-state index in [9.17, 15) is 0 Å². The molecule has 0 saturated carbocycles. The molecule has 0 aliphatic rings. The highest BCUT2D eigenvalue weighted by Gasteiger charge is 2.15. The molecule has 0 aromatic carbocycles. The summed E-state index contributed by atoms with van der Waals surface area (Å²) in [6.45, 7) is 5.22. The first-order chi connectivity index (χ1) is 7.26. The fourth-order valence-electron chi connectivity index (χ4n) is 1.52. The van der Waals surface area contributed by atoms with Crippen LogP contribution in [0.15, 0.2) is 0 Å². The zero-order chi connectivity index (χ0) is 11.3.